The number of carbonyl (C=O) groups excluding carboxylic acids is 1. The molecule has 0 aliphatic rings. The van der Waals surface area contributed by atoms with Gasteiger partial charge >= 0.3 is 0 Å². The number of aromatic hydroxyl groups is 1. The number of benzene rings is 3. The molecule has 0 aromatic heterocycles. The van der Waals surface area contributed by atoms with Gasteiger partial charge < -0.3 is 24.1 Å². The van der Waals surface area contributed by atoms with Gasteiger partial charge in [0.2, 0.25) is 5.75 Å². The minimum atomic E-state index is -0.399. The van der Waals surface area contributed by atoms with E-state index < -0.39 is 5.78 Å². The molecule has 0 fully saturated rings. The van der Waals surface area contributed by atoms with Crippen LogP contribution in [-0.2, 0) is 6.61 Å². The molecule has 7 heteroatoms. The highest BCUT2D eigenvalue weighted by molar-refractivity contribution is 6.32. The summed E-state index contributed by atoms with van der Waals surface area (Å²) in [4.78, 5) is 12.5. The van der Waals surface area contributed by atoms with E-state index in [1.807, 2.05) is 24.3 Å². The Morgan fingerprint density at radius 3 is 2.34 bits per heavy atom. The van der Waals surface area contributed by atoms with E-state index in [2.05, 4.69) is 0 Å². The van der Waals surface area contributed by atoms with Gasteiger partial charge in [0.1, 0.15) is 18.1 Å². The number of allylic oxidation sites excluding steroid dienone is 1. The second-order valence-corrected chi connectivity index (χ2v) is 7.10. The van der Waals surface area contributed by atoms with Crippen LogP contribution in [0.1, 0.15) is 21.5 Å². The molecule has 0 radical (unpaired) electrons. The van der Waals surface area contributed by atoms with Gasteiger partial charge in [-0.15, -0.1) is 0 Å². The third-order valence-electron chi connectivity index (χ3n) is 4.74. The summed E-state index contributed by atoms with van der Waals surface area (Å²) in [6.45, 7) is 0.277. The molecule has 1 N–H and O–H groups in total. The second kappa shape index (κ2) is 10.6. The van der Waals surface area contributed by atoms with Crippen molar-refractivity contribution in [1.29, 1.82) is 0 Å². The number of para-hydroxylation sites is 1. The van der Waals surface area contributed by atoms with Gasteiger partial charge in [0.15, 0.2) is 17.3 Å². The average molecular weight is 455 g/mol. The van der Waals surface area contributed by atoms with E-state index in [1.54, 1.807) is 31.4 Å². The Morgan fingerprint density at radius 1 is 0.938 bits per heavy atom. The fourth-order valence-electron chi connectivity index (χ4n) is 3.05. The molecule has 0 heterocycles. The maximum Gasteiger partial charge on any atom is 0.204 e. The van der Waals surface area contributed by atoms with Gasteiger partial charge in [0.05, 0.1) is 31.9 Å². The molecule has 0 spiro atoms. The number of phenolic OH excluding ortho intramolecular Hbond substituents is 1. The fourth-order valence-corrected chi connectivity index (χ4v) is 3.22. The number of ketones is 1. The molecule has 0 atom stereocenters. The Morgan fingerprint density at radius 2 is 1.69 bits per heavy atom. The first-order valence-electron chi connectivity index (χ1n) is 9.69. The summed E-state index contributed by atoms with van der Waals surface area (Å²) in [5.74, 6) is 1.42. The smallest absolute Gasteiger partial charge is 0.204 e. The summed E-state index contributed by atoms with van der Waals surface area (Å²) in [5, 5.41) is 10.1. The summed E-state index contributed by atoms with van der Waals surface area (Å²) in [6, 6.07) is 15.6. The van der Waals surface area contributed by atoms with Gasteiger partial charge in [0.25, 0.3) is 0 Å². The molecule has 6 nitrogen and oxygen atoms in total. The van der Waals surface area contributed by atoms with E-state index in [0.29, 0.717) is 22.8 Å². The standard InChI is InChI=1S/C25H23ClO6/c1-29-18-11-7-16(8-12-18)15-32-25-22(30-2)14-10-17(24(25)31-3)9-13-21(27)19-5-4-6-20(26)23(19)28/h4-14,28H,15H2,1-3H3. The predicted octanol–water partition coefficient (Wildman–Crippen LogP) is 5.55. The van der Waals surface area contributed by atoms with Crippen molar-refractivity contribution >= 4 is 23.5 Å². The van der Waals surface area contributed by atoms with Crippen molar-refractivity contribution < 1.29 is 28.8 Å². The van der Waals surface area contributed by atoms with Crippen molar-refractivity contribution in [2.45, 2.75) is 6.61 Å². The predicted molar refractivity (Wildman–Crippen MR) is 123 cm³/mol. The van der Waals surface area contributed by atoms with Crippen molar-refractivity contribution in [2.24, 2.45) is 0 Å². The van der Waals surface area contributed by atoms with Gasteiger partial charge in [0, 0.05) is 5.56 Å². The molecule has 0 aliphatic heterocycles. The Bertz CT molecular complexity index is 1120. The van der Waals surface area contributed by atoms with Crippen molar-refractivity contribution in [1.82, 2.24) is 0 Å². The zero-order valence-electron chi connectivity index (χ0n) is 17.9. The number of carbonyl (C=O) groups is 1. The lowest BCUT2D eigenvalue weighted by molar-refractivity contribution is 0.104. The summed E-state index contributed by atoms with van der Waals surface area (Å²) >= 11 is 5.90. The minimum absolute atomic E-state index is 0.109. The van der Waals surface area contributed by atoms with Crippen molar-refractivity contribution in [2.75, 3.05) is 21.3 Å². The van der Waals surface area contributed by atoms with E-state index in [4.69, 9.17) is 30.5 Å². The number of ether oxygens (including phenoxy) is 4. The highest BCUT2D eigenvalue weighted by Gasteiger charge is 2.17. The first-order chi connectivity index (χ1) is 15.5. The Labute approximate surface area is 191 Å². The molecule has 0 bridgehead atoms. The number of methoxy groups -OCH3 is 3. The van der Waals surface area contributed by atoms with Gasteiger partial charge in [-0.2, -0.15) is 0 Å². The van der Waals surface area contributed by atoms with Crippen molar-refractivity contribution in [3.63, 3.8) is 0 Å². The van der Waals surface area contributed by atoms with E-state index in [0.717, 1.165) is 11.3 Å². The van der Waals surface area contributed by atoms with Crippen LogP contribution in [0.2, 0.25) is 5.02 Å². The van der Waals surface area contributed by atoms with Crippen LogP contribution >= 0.6 is 11.6 Å². The largest absolute Gasteiger partial charge is 0.506 e. The van der Waals surface area contributed by atoms with Gasteiger partial charge in [-0.05, 0) is 54.1 Å². The van der Waals surface area contributed by atoms with Crippen molar-refractivity contribution in [3.05, 3.63) is 82.4 Å². The second-order valence-electron chi connectivity index (χ2n) is 6.69. The lowest BCUT2D eigenvalue weighted by Crippen LogP contribution is -2.01. The Kier molecular flexibility index (Phi) is 7.63. The molecule has 32 heavy (non-hydrogen) atoms. The maximum absolute atomic E-state index is 12.5. The first-order valence-corrected chi connectivity index (χ1v) is 10.1. The van der Waals surface area contributed by atoms with Gasteiger partial charge in [-0.1, -0.05) is 29.8 Å². The molecule has 0 saturated carbocycles. The van der Waals surface area contributed by atoms with Crippen LogP contribution in [0.15, 0.2) is 60.7 Å². The molecule has 0 saturated heterocycles. The molecule has 166 valence electrons. The number of hydrogen-bond acceptors (Lipinski definition) is 6. The van der Waals surface area contributed by atoms with Crippen LogP contribution in [0.4, 0.5) is 0 Å². The number of rotatable bonds is 9. The quantitative estimate of drug-likeness (QED) is 0.337. The highest BCUT2D eigenvalue weighted by Crippen LogP contribution is 2.41. The number of phenols is 1. The van der Waals surface area contributed by atoms with Crippen LogP contribution in [0.25, 0.3) is 6.08 Å². The van der Waals surface area contributed by atoms with Crippen LogP contribution in [0.5, 0.6) is 28.7 Å². The first kappa shape index (κ1) is 23.0. The van der Waals surface area contributed by atoms with Gasteiger partial charge in [-0.3, -0.25) is 4.79 Å². The topological polar surface area (TPSA) is 74.2 Å². The minimum Gasteiger partial charge on any atom is -0.506 e. The number of halogens is 1. The Hall–Kier alpha value is -3.64. The SMILES string of the molecule is COc1ccc(COc2c(OC)ccc(C=CC(=O)c3cccc(Cl)c3O)c2OC)cc1. The molecule has 3 aromatic rings. The van der Waals surface area contributed by atoms with Crippen LogP contribution in [-0.4, -0.2) is 32.2 Å². The fraction of sp³-hybridized carbons (Fsp3) is 0.160. The van der Waals surface area contributed by atoms with E-state index in [9.17, 15) is 9.90 Å². The molecule has 3 aromatic carbocycles. The molecule has 0 unspecified atom stereocenters. The van der Waals surface area contributed by atoms with Crippen molar-refractivity contribution in [3.8, 4) is 28.7 Å². The lowest BCUT2D eigenvalue weighted by atomic mass is 10.1. The summed E-state index contributed by atoms with van der Waals surface area (Å²) < 4.78 is 22.2. The summed E-state index contributed by atoms with van der Waals surface area (Å²) in [5.41, 5.74) is 1.65. The van der Waals surface area contributed by atoms with E-state index in [-0.39, 0.29) is 22.9 Å². The molecular formula is C25H23ClO6. The normalized spacial score (nSPS) is 10.8. The third kappa shape index (κ3) is 5.15. The highest BCUT2D eigenvalue weighted by atomic mass is 35.5. The zero-order valence-corrected chi connectivity index (χ0v) is 18.7. The van der Waals surface area contributed by atoms with E-state index >= 15 is 0 Å². The van der Waals surface area contributed by atoms with Crippen LogP contribution in [0, 0.1) is 0 Å². The summed E-state index contributed by atoms with van der Waals surface area (Å²) in [7, 11) is 4.66. The molecular weight excluding hydrogens is 432 g/mol. The lowest BCUT2D eigenvalue weighted by Gasteiger charge is -2.16. The maximum atomic E-state index is 12.5. The average Bonchev–Trinajstić information content (AvgIpc) is 2.82. The zero-order chi connectivity index (χ0) is 23.1. The Balaban J connectivity index is 1.87. The molecule has 0 aliphatic carbocycles. The molecule has 0 amide bonds. The van der Waals surface area contributed by atoms with E-state index in [1.165, 1.54) is 32.4 Å². The molecule has 3 rings (SSSR count). The van der Waals surface area contributed by atoms with Gasteiger partial charge in [-0.25, -0.2) is 0 Å². The third-order valence-corrected chi connectivity index (χ3v) is 5.04. The summed E-state index contributed by atoms with van der Waals surface area (Å²) in [6.07, 6.45) is 2.92. The number of hydrogen-bond donors (Lipinski definition) is 1. The van der Waals surface area contributed by atoms with Crippen LogP contribution < -0.4 is 18.9 Å². The monoisotopic (exact) mass is 454 g/mol. The van der Waals surface area contributed by atoms with Crippen LogP contribution in [0.3, 0.4) is 0 Å².